The van der Waals surface area contributed by atoms with Gasteiger partial charge in [-0.25, -0.2) is 9.59 Å². The number of aldehydes is 1. The SMILES string of the molecule is CCc1cc(Cl)cc(OOC(C)=O)c1C=O.CCc1cc(Cl)cc(OOC(C)=O)c1CO. The number of benzene rings is 2. The van der Waals surface area contributed by atoms with Gasteiger partial charge in [0.25, 0.3) is 0 Å². The summed E-state index contributed by atoms with van der Waals surface area (Å²) < 4.78 is 0. The van der Waals surface area contributed by atoms with Crippen molar-refractivity contribution in [2.75, 3.05) is 0 Å². The Balaban J connectivity index is 0.000000320. The average Bonchev–Trinajstić information content (AvgIpc) is 2.75. The van der Waals surface area contributed by atoms with E-state index in [9.17, 15) is 19.5 Å². The van der Waals surface area contributed by atoms with Crippen molar-refractivity contribution in [2.24, 2.45) is 0 Å². The molecule has 32 heavy (non-hydrogen) atoms. The van der Waals surface area contributed by atoms with Gasteiger partial charge >= 0.3 is 11.9 Å². The van der Waals surface area contributed by atoms with E-state index in [1.807, 2.05) is 13.8 Å². The molecule has 0 spiro atoms. The molecule has 0 aliphatic rings. The van der Waals surface area contributed by atoms with Gasteiger partial charge in [0.05, 0.1) is 12.2 Å². The second-order valence-electron chi connectivity index (χ2n) is 6.32. The van der Waals surface area contributed by atoms with E-state index < -0.39 is 11.9 Å². The monoisotopic (exact) mass is 486 g/mol. The Hall–Kier alpha value is -2.81. The molecule has 0 saturated carbocycles. The number of rotatable bonds is 8. The van der Waals surface area contributed by atoms with Crippen LogP contribution >= 0.6 is 23.2 Å². The van der Waals surface area contributed by atoms with Gasteiger partial charge in [0.15, 0.2) is 17.8 Å². The molecule has 2 aromatic rings. The molecule has 0 fully saturated rings. The number of carbonyl (C=O) groups is 3. The fourth-order valence-electron chi connectivity index (χ4n) is 2.58. The molecular weight excluding hydrogens is 463 g/mol. The van der Waals surface area contributed by atoms with Crippen molar-refractivity contribution in [2.45, 2.75) is 47.1 Å². The molecule has 0 amide bonds. The minimum absolute atomic E-state index is 0.148. The Kier molecular flexibility index (Phi) is 11.5. The first-order valence-corrected chi connectivity index (χ1v) is 10.3. The van der Waals surface area contributed by atoms with Gasteiger partial charge in [0.2, 0.25) is 0 Å². The Morgan fingerprint density at radius 2 is 1.34 bits per heavy atom. The van der Waals surface area contributed by atoms with Crippen LogP contribution in [0, 0.1) is 0 Å². The minimum atomic E-state index is -0.602. The molecule has 0 aliphatic carbocycles. The maximum absolute atomic E-state index is 10.9. The summed E-state index contributed by atoms with van der Waals surface area (Å²) in [4.78, 5) is 50.5. The Bertz CT molecular complexity index is 959. The van der Waals surface area contributed by atoms with Crippen molar-refractivity contribution in [1.29, 1.82) is 0 Å². The van der Waals surface area contributed by atoms with Crippen LogP contribution in [-0.4, -0.2) is 23.3 Å². The molecule has 0 unspecified atom stereocenters. The lowest BCUT2D eigenvalue weighted by Gasteiger charge is -2.11. The van der Waals surface area contributed by atoms with Gasteiger partial charge in [0.1, 0.15) is 0 Å². The smallest absolute Gasteiger partial charge is 0.352 e. The predicted molar refractivity (Wildman–Crippen MR) is 118 cm³/mol. The summed E-state index contributed by atoms with van der Waals surface area (Å²) in [5.41, 5.74) is 2.52. The van der Waals surface area contributed by atoms with E-state index in [1.165, 1.54) is 26.0 Å². The van der Waals surface area contributed by atoms with Crippen molar-refractivity contribution in [3.05, 3.63) is 56.6 Å². The zero-order valence-electron chi connectivity index (χ0n) is 18.1. The van der Waals surface area contributed by atoms with Gasteiger partial charge in [-0.2, -0.15) is 0 Å². The highest BCUT2D eigenvalue weighted by molar-refractivity contribution is 6.31. The summed E-state index contributed by atoms with van der Waals surface area (Å²) >= 11 is 11.7. The van der Waals surface area contributed by atoms with E-state index in [0.29, 0.717) is 40.3 Å². The molecular formula is C22H24Cl2O8. The summed E-state index contributed by atoms with van der Waals surface area (Å²) in [6.07, 6.45) is 1.98. The highest BCUT2D eigenvalue weighted by atomic mass is 35.5. The second kappa shape index (κ2) is 13.6. The first kappa shape index (κ1) is 27.2. The van der Waals surface area contributed by atoms with Crippen LogP contribution in [0.2, 0.25) is 10.0 Å². The second-order valence-corrected chi connectivity index (χ2v) is 7.19. The van der Waals surface area contributed by atoms with E-state index in [-0.39, 0.29) is 18.1 Å². The minimum Gasteiger partial charge on any atom is -0.392 e. The molecule has 8 nitrogen and oxygen atoms in total. The summed E-state index contributed by atoms with van der Waals surface area (Å²) in [6.45, 7) is 6.04. The standard InChI is InChI=1S/C11H13ClO4.C11H11ClO4/c2*1-3-8-4-9(12)5-11(10(8)6-13)16-15-7(2)14/h4-5,13H,3,6H2,1-2H3;4-6H,3H2,1-2H3. The van der Waals surface area contributed by atoms with Crippen molar-refractivity contribution in [1.82, 2.24) is 0 Å². The van der Waals surface area contributed by atoms with Crippen molar-refractivity contribution >= 4 is 41.4 Å². The van der Waals surface area contributed by atoms with Crippen LogP contribution in [0.15, 0.2) is 24.3 Å². The number of halogens is 2. The number of carbonyl (C=O) groups excluding carboxylic acids is 3. The fraction of sp³-hybridized carbons (Fsp3) is 0.318. The Labute approximate surface area is 195 Å². The van der Waals surface area contributed by atoms with Gasteiger partial charge in [-0.1, -0.05) is 37.0 Å². The predicted octanol–water partition coefficient (Wildman–Crippen LogP) is 4.82. The van der Waals surface area contributed by atoms with Crippen LogP contribution < -0.4 is 9.78 Å². The number of hydrogen-bond donors (Lipinski definition) is 1. The van der Waals surface area contributed by atoms with Crippen molar-refractivity contribution < 1.29 is 39.0 Å². The largest absolute Gasteiger partial charge is 0.392 e. The van der Waals surface area contributed by atoms with E-state index >= 15 is 0 Å². The third-order valence-corrected chi connectivity index (χ3v) is 4.43. The third-order valence-electron chi connectivity index (χ3n) is 3.99. The highest BCUT2D eigenvalue weighted by Crippen LogP contribution is 2.29. The van der Waals surface area contributed by atoms with Gasteiger partial charge in [-0.15, -0.1) is 0 Å². The first-order valence-electron chi connectivity index (χ1n) is 9.56. The molecule has 2 rings (SSSR count). The molecule has 1 N–H and O–H groups in total. The third kappa shape index (κ3) is 8.37. The molecule has 0 atom stereocenters. The zero-order chi connectivity index (χ0) is 24.3. The number of aliphatic hydroxyl groups excluding tert-OH is 1. The molecule has 174 valence electrons. The lowest BCUT2D eigenvalue weighted by atomic mass is 10.1. The Morgan fingerprint density at radius 3 is 1.78 bits per heavy atom. The van der Waals surface area contributed by atoms with Crippen LogP contribution in [0.1, 0.15) is 54.7 Å². The van der Waals surface area contributed by atoms with E-state index in [1.54, 1.807) is 12.1 Å². The number of aliphatic hydroxyl groups is 1. The maximum Gasteiger partial charge on any atom is 0.352 e. The van der Waals surface area contributed by atoms with Gasteiger partial charge in [-0.05, 0) is 36.1 Å². The van der Waals surface area contributed by atoms with Crippen LogP contribution in [0.3, 0.4) is 0 Å². The lowest BCUT2D eigenvalue weighted by molar-refractivity contribution is -0.211. The summed E-state index contributed by atoms with van der Waals surface area (Å²) in [5.74, 6) is -0.756. The normalized spacial score (nSPS) is 9.84. The molecule has 0 heterocycles. The number of hydrogen-bond acceptors (Lipinski definition) is 8. The fourth-order valence-corrected chi connectivity index (χ4v) is 3.05. The summed E-state index contributed by atoms with van der Waals surface area (Å²) in [5, 5.41) is 10.1. The van der Waals surface area contributed by atoms with Crippen LogP contribution in [0.4, 0.5) is 0 Å². The van der Waals surface area contributed by atoms with E-state index in [2.05, 4.69) is 9.78 Å². The lowest BCUT2D eigenvalue weighted by Crippen LogP contribution is -2.06. The molecule has 10 heteroatoms. The zero-order valence-corrected chi connectivity index (χ0v) is 19.6. The summed E-state index contributed by atoms with van der Waals surface area (Å²) in [7, 11) is 0. The molecule has 2 aromatic carbocycles. The molecule has 0 radical (unpaired) electrons. The highest BCUT2D eigenvalue weighted by Gasteiger charge is 2.13. The molecule has 0 aliphatic heterocycles. The quantitative estimate of drug-likeness (QED) is 0.321. The van der Waals surface area contributed by atoms with Gasteiger partial charge in [-0.3, -0.25) is 24.3 Å². The molecule has 0 bridgehead atoms. The van der Waals surface area contributed by atoms with Crippen LogP contribution in [0.5, 0.6) is 11.5 Å². The average molecular weight is 487 g/mol. The van der Waals surface area contributed by atoms with Gasteiger partial charge < -0.3 is 5.11 Å². The summed E-state index contributed by atoms with van der Waals surface area (Å²) in [6, 6.07) is 6.34. The van der Waals surface area contributed by atoms with E-state index in [4.69, 9.17) is 33.0 Å². The topological polar surface area (TPSA) is 108 Å². The maximum atomic E-state index is 10.9. The van der Waals surface area contributed by atoms with E-state index in [0.717, 1.165) is 11.1 Å². The first-order chi connectivity index (χ1) is 15.2. The Morgan fingerprint density at radius 1 is 0.875 bits per heavy atom. The van der Waals surface area contributed by atoms with Gasteiger partial charge in [0, 0.05) is 41.6 Å². The molecule has 0 saturated heterocycles. The van der Waals surface area contributed by atoms with Crippen LogP contribution in [0.25, 0.3) is 0 Å². The number of aryl methyl sites for hydroxylation is 2. The molecule has 0 aromatic heterocycles. The van der Waals surface area contributed by atoms with Crippen molar-refractivity contribution in [3.63, 3.8) is 0 Å². The van der Waals surface area contributed by atoms with Crippen LogP contribution in [-0.2, 0) is 38.8 Å². The van der Waals surface area contributed by atoms with Crippen molar-refractivity contribution in [3.8, 4) is 11.5 Å².